The van der Waals surface area contributed by atoms with Crippen molar-refractivity contribution in [2.24, 2.45) is 5.73 Å². The molecular formula is C17H30NNaO9S. The summed E-state index contributed by atoms with van der Waals surface area (Å²) in [6, 6.07) is 0. The number of hydrogen-bond acceptors (Lipinski definition) is 8. The van der Waals surface area contributed by atoms with Crippen LogP contribution in [0.25, 0.3) is 0 Å². The van der Waals surface area contributed by atoms with Gasteiger partial charge < -0.3 is 25.5 Å². The molecule has 10 nitrogen and oxygen atoms in total. The number of rotatable bonds is 13. The summed E-state index contributed by atoms with van der Waals surface area (Å²) in [6.07, 6.45) is 9.84. The van der Waals surface area contributed by atoms with E-state index in [0.717, 1.165) is 18.9 Å². The first-order valence-electron chi connectivity index (χ1n) is 8.94. The third kappa shape index (κ3) is 16.5. The maximum absolute atomic E-state index is 11.1. The molecule has 0 aromatic rings. The second-order valence-corrected chi connectivity index (χ2v) is 7.61. The number of ether oxygens (including phenoxy) is 1. The van der Waals surface area contributed by atoms with Crippen molar-refractivity contribution in [2.75, 3.05) is 6.61 Å². The van der Waals surface area contributed by atoms with E-state index in [9.17, 15) is 27.9 Å². The third-order valence-corrected chi connectivity index (χ3v) is 4.71. The van der Waals surface area contributed by atoms with Crippen LogP contribution in [0.5, 0.6) is 0 Å². The van der Waals surface area contributed by atoms with Crippen LogP contribution >= 0.6 is 0 Å². The van der Waals surface area contributed by atoms with Gasteiger partial charge in [-0.3, -0.25) is 9.35 Å². The predicted molar refractivity (Wildman–Crippen MR) is 99.5 cm³/mol. The van der Waals surface area contributed by atoms with Gasteiger partial charge in [0.05, 0.1) is 19.0 Å². The SMILES string of the molecule is CCCCCCCCC=CC(=O)[O-].CCOC(=O)C(N)(CC(=O)O)S(=O)(=O)O.[Na+]. The van der Waals surface area contributed by atoms with Crippen LogP contribution in [0.3, 0.4) is 0 Å². The summed E-state index contributed by atoms with van der Waals surface area (Å²) in [4.78, 5) is 28.4. The van der Waals surface area contributed by atoms with Crippen LogP contribution in [0, 0.1) is 0 Å². The van der Waals surface area contributed by atoms with E-state index in [4.69, 9.17) is 15.4 Å². The van der Waals surface area contributed by atoms with Crippen molar-refractivity contribution in [3.63, 3.8) is 0 Å². The van der Waals surface area contributed by atoms with Gasteiger partial charge in [-0.15, -0.1) is 0 Å². The van der Waals surface area contributed by atoms with Crippen molar-refractivity contribution in [3.05, 3.63) is 12.2 Å². The van der Waals surface area contributed by atoms with Crippen LogP contribution in [0.4, 0.5) is 0 Å². The molecule has 0 aliphatic heterocycles. The van der Waals surface area contributed by atoms with Gasteiger partial charge in [-0.05, 0) is 25.8 Å². The van der Waals surface area contributed by atoms with E-state index < -0.39 is 39.3 Å². The molecule has 0 saturated carbocycles. The van der Waals surface area contributed by atoms with Crippen molar-refractivity contribution >= 4 is 28.0 Å². The molecule has 0 bridgehead atoms. The molecule has 0 fully saturated rings. The molecule has 0 radical (unpaired) electrons. The Morgan fingerprint density at radius 3 is 2.03 bits per heavy atom. The Kier molecular flexibility index (Phi) is 20.1. The molecule has 0 aromatic carbocycles. The molecule has 29 heavy (non-hydrogen) atoms. The molecule has 12 heteroatoms. The van der Waals surface area contributed by atoms with Crippen molar-refractivity contribution in [3.8, 4) is 0 Å². The van der Waals surface area contributed by atoms with Gasteiger partial charge in [0.15, 0.2) is 0 Å². The van der Waals surface area contributed by atoms with E-state index in [1.165, 1.54) is 39.0 Å². The number of carbonyl (C=O) groups is 3. The molecule has 0 aliphatic carbocycles. The molecule has 0 amide bonds. The Balaban J connectivity index is -0.000000455. The average molecular weight is 447 g/mol. The van der Waals surface area contributed by atoms with Gasteiger partial charge in [0.2, 0.25) is 0 Å². The van der Waals surface area contributed by atoms with E-state index >= 15 is 0 Å². The van der Waals surface area contributed by atoms with Gasteiger partial charge in [-0.2, -0.15) is 8.42 Å². The fraction of sp³-hybridized carbons (Fsp3) is 0.706. The minimum absolute atomic E-state index is 0. The summed E-state index contributed by atoms with van der Waals surface area (Å²) in [5, 5.41) is 18.3. The van der Waals surface area contributed by atoms with Crippen molar-refractivity contribution in [1.29, 1.82) is 0 Å². The summed E-state index contributed by atoms with van der Waals surface area (Å²) in [5.41, 5.74) is 5.01. The average Bonchev–Trinajstić information content (AvgIpc) is 2.56. The second kappa shape index (κ2) is 17.8. The van der Waals surface area contributed by atoms with E-state index in [0.29, 0.717) is 0 Å². The Bertz CT molecular complexity index is 622. The summed E-state index contributed by atoms with van der Waals surface area (Å²) in [7, 11) is -5.06. The molecule has 0 spiro atoms. The quantitative estimate of drug-likeness (QED) is 0.0905. The number of nitrogens with two attached hydrogens (primary N) is 1. The predicted octanol–water partition coefficient (Wildman–Crippen LogP) is -2.39. The third-order valence-electron chi connectivity index (χ3n) is 3.47. The minimum Gasteiger partial charge on any atom is -0.545 e. The molecule has 0 saturated heterocycles. The number of unbranched alkanes of at least 4 members (excludes halogenated alkanes) is 6. The Morgan fingerprint density at radius 2 is 1.62 bits per heavy atom. The minimum atomic E-state index is -5.06. The molecule has 1 unspecified atom stereocenters. The van der Waals surface area contributed by atoms with Crippen LogP contribution in [0.2, 0.25) is 0 Å². The Labute approximate surface area is 193 Å². The first kappa shape index (κ1) is 32.7. The van der Waals surface area contributed by atoms with Gasteiger partial charge in [-0.1, -0.05) is 45.1 Å². The Morgan fingerprint density at radius 1 is 1.10 bits per heavy atom. The van der Waals surface area contributed by atoms with Gasteiger partial charge in [-0.25, -0.2) is 4.79 Å². The largest absolute Gasteiger partial charge is 1.00 e. The van der Waals surface area contributed by atoms with Gasteiger partial charge in [0.1, 0.15) is 0 Å². The summed E-state index contributed by atoms with van der Waals surface area (Å²) < 4.78 is 34.5. The zero-order chi connectivity index (χ0) is 22.2. The number of hydrogen-bond donors (Lipinski definition) is 3. The molecule has 0 aliphatic rings. The van der Waals surface area contributed by atoms with Crippen LogP contribution in [0.15, 0.2) is 12.2 Å². The first-order chi connectivity index (χ1) is 12.9. The van der Waals surface area contributed by atoms with Gasteiger partial charge in [0, 0.05) is 0 Å². The normalized spacial score (nSPS) is 12.8. The maximum Gasteiger partial charge on any atom is 1.00 e. The number of carbonyl (C=O) groups excluding carboxylic acids is 2. The van der Waals surface area contributed by atoms with Crippen LogP contribution in [-0.2, 0) is 29.2 Å². The van der Waals surface area contributed by atoms with E-state index in [1.54, 1.807) is 6.08 Å². The maximum atomic E-state index is 11.1. The van der Waals surface area contributed by atoms with Crippen LogP contribution in [-0.4, -0.2) is 47.5 Å². The molecule has 164 valence electrons. The van der Waals surface area contributed by atoms with Crippen LogP contribution < -0.4 is 40.4 Å². The van der Waals surface area contributed by atoms with Crippen molar-refractivity contribution < 1.29 is 71.9 Å². The molecule has 0 heterocycles. The second-order valence-electron chi connectivity index (χ2n) is 5.93. The molecule has 4 N–H and O–H groups in total. The summed E-state index contributed by atoms with van der Waals surface area (Å²) >= 11 is 0. The molecule has 0 aromatic heterocycles. The molecular weight excluding hydrogens is 417 g/mol. The molecule has 0 rings (SSSR count). The number of carboxylic acids is 2. The zero-order valence-corrected chi connectivity index (χ0v) is 20.1. The standard InChI is InChI=1S/C11H20O2.C6H11NO7S.Na/c1-2-3-4-5-6-7-8-9-10-11(12)13;1-2-14-5(10)6(7,3-4(8)9)15(11,12)13;/h9-10H,2-8H2,1H3,(H,12,13);2-3,7H2,1H3,(H,8,9)(H,11,12,13);/q;;+1/p-1. The van der Waals surface area contributed by atoms with E-state index in [2.05, 4.69) is 11.7 Å². The monoisotopic (exact) mass is 447 g/mol. The van der Waals surface area contributed by atoms with E-state index in [-0.39, 0.29) is 36.2 Å². The van der Waals surface area contributed by atoms with Gasteiger partial charge in [0.25, 0.3) is 15.0 Å². The van der Waals surface area contributed by atoms with Crippen LogP contribution in [0.1, 0.15) is 65.2 Å². The Hall–Kier alpha value is -0.980. The first-order valence-corrected chi connectivity index (χ1v) is 10.4. The van der Waals surface area contributed by atoms with Gasteiger partial charge >= 0.3 is 41.5 Å². The fourth-order valence-corrected chi connectivity index (χ4v) is 2.54. The number of carboxylic acid groups (broad SMARTS) is 2. The smallest absolute Gasteiger partial charge is 0.545 e. The van der Waals surface area contributed by atoms with E-state index in [1.807, 2.05) is 0 Å². The van der Waals surface area contributed by atoms with Crippen molar-refractivity contribution in [2.45, 2.75) is 70.1 Å². The number of esters is 1. The summed E-state index contributed by atoms with van der Waals surface area (Å²) in [5.74, 6) is -4.25. The summed E-state index contributed by atoms with van der Waals surface area (Å²) in [6.45, 7) is 3.39. The van der Waals surface area contributed by atoms with Crippen molar-refractivity contribution in [1.82, 2.24) is 0 Å². The molecule has 1 atom stereocenters. The number of aliphatic carboxylic acids is 2. The fourth-order valence-electron chi connectivity index (χ4n) is 1.97. The topological polar surface area (TPSA) is 184 Å². The zero-order valence-electron chi connectivity index (χ0n) is 17.3. The number of allylic oxidation sites excluding steroid dienone is 1.